The summed E-state index contributed by atoms with van der Waals surface area (Å²) in [6.45, 7) is 1.46. The lowest BCUT2D eigenvalue weighted by atomic mass is 9.87. The van der Waals surface area contributed by atoms with Crippen molar-refractivity contribution in [1.29, 1.82) is 0 Å². The van der Waals surface area contributed by atoms with Crippen molar-refractivity contribution in [3.63, 3.8) is 0 Å². The van der Waals surface area contributed by atoms with Gasteiger partial charge in [-0.1, -0.05) is 19.1 Å². The SMILES string of the molecule is C[C@@H](C=O)[C@H](C[N+](=O)[O-])c1cccc2c1OCO2. The molecule has 0 unspecified atom stereocenters. The zero-order chi connectivity index (χ0) is 13.1. The van der Waals surface area contributed by atoms with Crippen molar-refractivity contribution >= 4 is 6.29 Å². The third-order valence-electron chi connectivity index (χ3n) is 3.02. The second-order valence-corrected chi connectivity index (χ2v) is 4.20. The number of nitrogens with zero attached hydrogens (tertiary/aromatic N) is 1. The summed E-state index contributed by atoms with van der Waals surface area (Å²) in [6.07, 6.45) is 0.726. The molecular formula is C12H13NO5. The van der Waals surface area contributed by atoms with E-state index >= 15 is 0 Å². The quantitative estimate of drug-likeness (QED) is 0.451. The van der Waals surface area contributed by atoms with Gasteiger partial charge in [0, 0.05) is 16.4 Å². The van der Waals surface area contributed by atoms with E-state index in [1.165, 1.54) is 0 Å². The molecule has 0 amide bonds. The molecule has 0 saturated carbocycles. The van der Waals surface area contributed by atoms with Crippen molar-refractivity contribution in [2.24, 2.45) is 5.92 Å². The lowest BCUT2D eigenvalue weighted by Crippen LogP contribution is -2.20. The average Bonchev–Trinajstić information content (AvgIpc) is 2.83. The zero-order valence-electron chi connectivity index (χ0n) is 9.87. The lowest BCUT2D eigenvalue weighted by molar-refractivity contribution is -0.484. The molecule has 6 heteroatoms. The van der Waals surface area contributed by atoms with Crippen LogP contribution in [0.4, 0.5) is 0 Å². The number of carbonyl (C=O) groups is 1. The van der Waals surface area contributed by atoms with Crippen LogP contribution in [0.3, 0.4) is 0 Å². The van der Waals surface area contributed by atoms with Gasteiger partial charge in [0.15, 0.2) is 11.5 Å². The Balaban J connectivity index is 2.39. The first-order valence-electron chi connectivity index (χ1n) is 5.59. The standard InChI is InChI=1S/C12H13NO5/c1-8(6-14)10(5-13(15)16)9-3-2-4-11-12(9)18-7-17-11/h2-4,6,8,10H,5,7H2,1H3/t8-,10-/m0/s1. The van der Waals surface area contributed by atoms with Crippen molar-refractivity contribution in [2.75, 3.05) is 13.3 Å². The van der Waals surface area contributed by atoms with Crippen LogP contribution in [0.5, 0.6) is 11.5 Å². The van der Waals surface area contributed by atoms with E-state index in [-0.39, 0.29) is 13.3 Å². The second kappa shape index (κ2) is 5.03. The molecule has 0 N–H and O–H groups in total. The number of aldehydes is 1. The Morgan fingerprint density at radius 2 is 2.28 bits per heavy atom. The first-order chi connectivity index (χ1) is 8.63. The number of para-hydroxylation sites is 1. The van der Waals surface area contributed by atoms with Crippen molar-refractivity contribution in [3.05, 3.63) is 33.9 Å². The summed E-state index contributed by atoms with van der Waals surface area (Å²) in [5.74, 6) is 0.122. The van der Waals surface area contributed by atoms with Crippen molar-refractivity contribution in [3.8, 4) is 11.5 Å². The third kappa shape index (κ3) is 2.27. The van der Waals surface area contributed by atoms with Gasteiger partial charge in [-0.2, -0.15) is 0 Å². The van der Waals surface area contributed by atoms with Crippen LogP contribution in [0.25, 0.3) is 0 Å². The smallest absolute Gasteiger partial charge is 0.231 e. The Labute approximate surface area is 104 Å². The summed E-state index contributed by atoms with van der Waals surface area (Å²) in [5, 5.41) is 10.7. The van der Waals surface area contributed by atoms with Gasteiger partial charge in [0.05, 0.1) is 5.92 Å². The summed E-state index contributed by atoms with van der Waals surface area (Å²) in [6, 6.07) is 5.22. The summed E-state index contributed by atoms with van der Waals surface area (Å²) < 4.78 is 10.6. The predicted octanol–water partition coefficient (Wildman–Crippen LogP) is 1.61. The minimum atomic E-state index is -0.505. The maximum Gasteiger partial charge on any atom is 0.231 e. The third-order valence-corrected chi connectivity index (χ3v) is 3.02. The largest absolute Gasteiger partial charge is 0.454 e. The predicted molar refractivity (Wildman–Crippen MR) is 62.4 cm³/mol. The topological polar surface area (TPSA) is 78.7 Å². The van der Waals surface area contributed by atoms with Crippen LogP contribution in [0.1, 0.15) is 18.4 Å². The van der Waals surface area contributed by atoms with Gasteiger partial charge in [-0.25, -0.2) is 0 Å². The molecule has 0 radical (unpaired) electrons. The molecule has 96 valence electrons. The first kappa shape index (κ1) is 12.3. The molecule has 2 atom stereocenters. The Hall–Kier alpha value is -2.11. The fourth-order valence-corrected chi connectivity index (χ4v) is 2.05. The van der Waals surface area contributed by atoms with E-state index in [0.29, 0.717) is 17.1 Å². The number of nitro groups is 1. The minimum absolute atomic E-state index is 0.104. The highest BCUT2D eigenvalue weighted by molar-refractivity contribution is 5.58. The van der Waals surface area contributed by atoms with Crippen LogP contribution in [0, 0.1) is 16.0 Å². The monoisotopic (exact) mass is 251 g/mol. The van der Waals surface area contributed by atoms with Crippen LogP contribution in [0.15, 0.2) is 18.2 Å². The molecule has 1 aromatic rings. The molecule has 1 aromatic carbocycles. The summed E-state index contributed by atoms with van der Waals surface area (Å²) in [7, 11) is 0. The van der Waals surface area contributed by atoms with E-state index in [2.05, 4.69) is 0 Å². The van der Waals surface area contributed by atoms with Crippen molar-refractivity contribution in [1.82, 2.24) is 0 Å². The van der Waals surface area contributed by atoms with E-state index in [4.69, 9.17) is 9.47 Å². The highest BCUT2D eigenvalue weighted by atomic mass is 16.7. The second-order valence-electron chi connectivity index (χ2n) is 4.20. The van der Waals surface area contributed by atoms with Gasteiger partial charge >= 0.3 is 0 Å². The number of hydrogen-bond acceptors (Lipinski definition) is 5. The molecular weight excluding hydrogens is 238 g/mol. The van der Waals surface area contributed by atoms with Gasteiger partial charge in [0.25, 0.3) is 0 Å². The number of hydrogen-bond donors (Lipinski definition) is 0. The first-order valence-corrected chi connectivity index (χ1v) is 5.59. The van der Waals surface area contributed by atoms with Gasteiger partial charge < -0.3 is 14.3 Å². The molecule has 6 nitrogen and oxygen atoms in total. The van der Waals surface area contributed by atoms with Crippen LogP contribution >= 0.6 is 0 Å². The van der Waals surface area contributed by atoms with Crippen molar-refractivity contribution in [2.45, 2.75) is 12.8 Å². The van der Waals surface area contributed by atoms with Crippen LogP contribution in [-0.2, 0) is 4.79 Å². The Morgan fingerprint density at radius 1 is 1.50 bits per heavy atom. The maximum absolute atomic E-state index is 10.9. The Morgan fingerprint density at radius 3 is 2.94 bits per heavy atom. The van der Waals surface area contributed by atoms with Gasteiger partial charge in [-0.15, -0.1) is 0 Å². The van der Waals surface area contributed by atoms with E-state index < -0.39 is 16.8 Å². The minimum Gasteiger partial charge on any atom is -0.454 e. The van der Waals surface area contributed by atoms with Gasteiger partial charge in [0.1, 0.15) is 6.29 Å². The lowest BCUT2D eigenvalue weighted by Gasteiger charge is -2.17. The van der Waals surface area contributed by atoms with E-state index in [0.717, 1.165) is 6.29 Å². The number of rotatable bonds is 5. The van der Waals surface area contributed by atoms with Gasteiger partial charge in [0.2, 0.25) is 13.3 Å². The molecule has 0 aromatic heterocycles. The van der Waals surface area contributed by atoms with Crippen LogP contribution in [0.2, 0.25) is 0 Å². The number of carbonyl (C=O) groups excluding carboxylic acids is 1. The van der Waals surface area contributed by atoms with Gasteiger partial charge in [-0.3, -0.25) is 10.1 Å². The molecule has 0 fully saturated rings. The van der Waals surface area contributed by atoms with Gasteiger partial charge in [-0.05, 0) is 6.07 Å². The maximum atomic E-state index is 10.9. The van der Waals surface area contributed by atoms with Crippen molar-refractivity contribution < 1.29 is 19.2 Å². The van der Waals surface area contributed by atoms with Crippen LogP contribution < -0.4 is 9.47 Å². The number of ether oxygens (including phenoxy) is 2. The molecule has 18 heavy (non-hydrogen) atoms. The summed E-state index contributed by atoms with van der Waals surface area (Å²) >= 11 is 0. The molecule has 1 heterocycles. The number of fused-ring (bicyclic) bond motifs is 1. The molecule has 0 saturated heterocycles. The Kier molecular flexibility index (Phi) is 3.45. The highest BCUT2D eigenvalue weighted by Gasteiger charge is 2.30. The normalized spacial score (nSPS) is 16.1. The Bertz CT molecular complexity index is 474. The molecule has 2 rings (SSSR count). The average molecular weight is 251 g/mol. The molecule has 0 aliphatic carbocycles. The molecule has 0 spiro atoms. The summed E-state index contributed by atoms with van der Waals surface area (Å²) in [4.78, 5) is 21.2. The zero-order valence-corrected chi connectivity index (χ0v) is 9.87. The molecule has 1 aliphatic rings. The van der Waals surface area contributed by atoms with E-state index in [1.807, 2.05) is 0 Å². The highest BCUT2D eigenvalue weighted by Crippen LogP contribution is 2.41. The fraction of sp³-hybridized carbons (Fsp3) is 0.417. The number of benzene rings is 1. The summed E-state index contributed by atoms with van der Waals surface area (Å²) in [5.41, 5.74) is 0.654. The van der Waals surface area contributed by atoms with E-state index in [9.17, 15) is 14.9 Å². The van der Waals surface area contributed by atoms with E-state index in [1.54, 1.807) is 25.1 Å². The molecule has 1 aliphatic heterocycles. The fourth-order valence-electron chi connectivity index (χ4n) is 2.05. The molecule has 0 bridgehead atoms. The van der Waals surface area contributed by atoms with Crippen LogP contribution in [-0.4, -0.2) is 24.5 Å².